The molecule has 1 aliphatic heterocycles. The molecule has 0 fully saturated rings. The maximum Gasteiger partial charge on any atom is 0.471 e. The zero-order chi connectivity index (χ0) is 11.9. The summed E-state index contributed by atoms with van der Waals surface area (Å²) in [7, 11) is 0. The molecule has 7 heteroatoms. The number of carbonyl (C=O) groups excluding carboxylic acids is 1. The summed E-state index contributed by atoms with van der Waals surface area (Å²) in [4.78, 5) is 12.4. The molecule has 0 spiro atoms. The van der Waals surface area contributed by atoms with E-state index in [4.69, 9.17) is 5.73 Å². The van der Waals surface area contributed by atoms with Crippen LogP contribution in [0.2, 0.25) is 0 Å². The van der Waals surface area contributed by atoms with Crippen LogP contribution in [0.1, 0.15) is 0 Å². The van der Waals surface area contributed by atoms with Gasteiger partial charge in [-0.1, -0.05) is 0 Å². The molecule has 1 heterocycles. The largest absolute Gasteiger partial charge is 0.471 e. The van der Waals surface area contributed by atoms with E-state index in [1.165, 1.54) is 12.1 Å². The number of thioether (sulfide) groups is 1. The summed E-state index contributed by atoms with van der Waals surface area (Å²) >= 11 is 1.16. The summed E-state index contributed by atoms with van der Waals surface area (Å²) in [5.41, 5.74) is 6.23. The molecule has 0 saturated carbocycles. The molecule has 1 amide bonds. The van der Waals surface area contributed by atoms with E-state index in [0.29, 0.717) is 15.5 Å². The molecule has 0 bridgehead atoms. The Balaban J connectivity index is 2.34. The molecular formula is C9H7F3N2OS. The van der Waals surface area contributed by atoms with Crippen molar-refractivity contribution >= 4 is 29.0 Å². The zero-order valence-electron chi connectivity index (χ0n) is 7.91. The van der Waals surface area contributed by atoms with Crippen molar-refractivity contribution in [1.29, 1.82) is 0 Å². The first-order valence-corrected chi connectivity index (χ1v) is 5.29. The maximum absolute atomic E-state index is 12.2. The van der Waals surface area contributed by atoms with Crippen LogP contribution in [0.15, 0.2) is 23.1 Å². The number of amides is 1. The third kappa shape index (κ3) is 1.82. The Labute approximate surface area is 93.4 Å². The van der Waals surface area contributed by atoms with E-state index in [1.807, 2.05) is 0 Å². The Kier molecular flexibility index (Phi) is 2.49. The van der Waals surface area contributed by atoms with Gasteiger partial charge in [-0.15, -0.1) is 11.8 Å². The summed E-state index contributed by atoms with van der Waals surface area (Å²) in [6.45, 7) is 0. The first kappa shape index (κ1) is 11.1. The number of halogens is 3. The van der Waals surface area contributed by atoms with Crippen LogP contribution in [0.4, 0.5) is 24.5 Å². The SMILES string of the molecule is Nc1ccc2c(c1)SCN2C(=O)C(F)(F)F. The van der Waals surface area contributed by atoms with Crippen molar-refractivity contribution in [3.05, 3.63) is 18.2 Å². The molecule has 86 valence electrons. The van der Waals surface area contributed by atoms with Crippen LogP contribution in [-0.4, -0.2) is 18.0 Å². The van der Waals surface area contributed by atoms with Gasteiger partial charge in [0.1, 0.15) is 0 Å². The smallest absolute Gasteiger partial charge is 0.399 e. The number of hydrogen-bond donors (Lipinski definition) is 1. The molecule has 2 N–H and O–H groups in total. The molecule has 0 saturated heterocycles. The van der Waals surface area contributed by atoms with Gasteiger partial charge in [-0.05, 0) is 18.2 Å². The van der Waals surface area contributed by atoms with E-state index in [1.54, 1.807) is 6.07 Å². The molecule has 1 aliphatic rings. The minimum absolute atomic E-state index is 0.0306. The molecule has 2 rings (SSSR count). The molecule has 0 aromatic heterocycles. The summed E-state index contributed by atoms with van der Waals surface area (Å²) in [6, 6.07) is 4.46. The topological polar surface area (TPSA) is 46.3 Å². The highest BCUT2D eigenvalue weighted by Crippen LogP contribution is 2.41. The lowest BCUT2D eigenvalue weighted by molar-refractivity contribution is -0.170. The number of fused-ring (bicyclic) bond motifs is 1. The Morgan fingerprint density at radius 2 is 2.12 bits per heavy atom. The predicted octanol–water partition coefficient (Wildman–Crippen LogP) is 2.23. The summed E-state index contributed by atoms with van der Waals surface area (Å²) in [5, 5.41) is 0. The van der Waals surface area contributed by atoms with Gasteiger partial charge >= 0.3 is 12.1 Å². The monoisotopic (exact) mass is 248 g/mol. The summed E-state index contributed by atoms with van der Waals surface area (Å²) < 4.78 is 36.7. The molecule has 3 nitrogen and oxygen atoms in total. The first-order valence-electron chi connectivity index (χ1n) is 4.30. The van der Waals surface area contributed by atoms with Crippen LogP contribution in [-0.2, 0) is 4.79 Å². The van der Waals surface area contributed by atoms with Gasteiger partial charge in [0.15, 0.2) is 0 Å². The number of nitrogens with two attached hydrogens (primary N) is 1. The van der Waals surface area contributed by atoms with Crippen LogP contribution in [0.5, 0.6) is 0 Å². The Morgan fingerprint density at radius 1 is 1.44 bits per heavy atom. The van der Waals surface area contributed by atoms with Gasteiger partial charge in [0.25, 0.3) is 0 Å². The van der Waals surface area contributed by atoms with Crippen molar-refractivity contribution in [2.45, 2.75) is 11.1 Å². The van der Waals surface area contributed by atoms with Crippen LogP contribution in [0.3, 0.4) is 0 Å². The van der Waals surface area contributed by atoms with E-state index >= 15 is 0 Å². The number of nitrogen functional groups attached to an aromatic ring is 1. The summed E-state index contributed by atoms with van der Waals surface area (Å²) in [5.74, 6) is -1.87. The van der Waals surface area contributed by atoms with Gasteiger partial charge in [-0.25, -0.2) is 0 Å². The standard InChI is InChI=1S/C9H7F3N2OS/c10-9(11,12)8(15)14-4-16-7-3-5(13)1-2-6(7)14/h1-3H,4,13H2. The average Bonchev–Trinajstić information content (AvgIpc) is 2.57. The second-order valence-corrected chi connectivity index (χ2v) is 4.22. The number of rotatable bonds is 0. The van der Waals surface area contributed by atoms with E-state index in [9.17, 15) is 18.0 Å². The van der Waals surface area contributed by atoms with Crippen molar-refractivity contribution in [2.24, 2.45) is 0 Å². The Morgan fingerprint density at radius 3 is 2.75 bits per heavy atom. The lowest BCUT2D eigenvalue weighted by Gasteiger charge is -2.17. The quantitative estimate of drug-likeness (QED) is 0.716. The Hall–Kier alpha value is -1.37. The first-order chi connectivity index (χ1) is 7.39. The van der Waals surface area contributed by atoms with Crippen LogP contribution in [0, 0.1) is 0 Å². The van der Waals surface area contributed by atoms with E-state index < -0.39 is 12.1 Å². The lowest BCUT2D eigenvalue weighted by Crippen LogP contribution is -2.39. The highest BCUT2D eigenvalue weighted by molar-refractivity contribution is 8.00. The van der Waals surface area contributed by atoms with Gasteiger partial charge in [0.2, 0.25) is 0 Å². The highest BCUT2D eigenvalue weighted by atomic mass is 32.2. The fourth-order valence-electron chi connectivity index (χ4n) is 1.39. The predicted molar refractivity (Wildman–Crippen MR) is 55.1 cm³/mol. The van der Waals surface area contributed by atoms with Crippen molar-refractivity contribution < 1.29 is 18.0 Å². The number of hydrogen-bond acceptors (Lipinski definition) is 3. The summed E-state index contributed by atoms with van der Waals surface area (Å²) in [6.07, 6.45) is -4.84. The highest BCUT2D eigenvalue weighted by Gasteiger charge is 2.44. The van der Waals surface area contributed by atoms with Gasteiger partial charge < -0.3 is 5.73 Å². The van der Waals surface area contributed by atoms with Gasteiger partial charge in [0.05, 0.1) is 11.6 Å². The number of benzene rings is 1. The van der Waals surface area contributed by atoms with Gasteiger partial charge in [0, 0.05) is 10.6 Å². The van der Waals surface area contributed by atoms with E-state index in [2.05, 4.69) is 0 Å². The zero-order valence-corrected chi connectivity index (χ0v) is 8.73. The van der Waals surface area contributed by atoms with Crippen LogP contribution >= 0.6 is 11.8 Å². The van der Waals surface area contributed by atoms with Crippen LogP contribution in [0.25, 0.3) is 0 Å². The molecule has 0 aliphatic carbocycles. The lowest BCUT2D eigenvalue weighted by atomic mass is 10.2. The maximum atomic E-state index is 12.2. The second-order valence-electron chi connectivity index (χ2n) is 3.23. The van der Waals surface area contributed by atoms with Gasteiger partial charge in [-0.3, -0.25) is 9.69 Å². The fraction of sp³-hybridized carbons (Fsp3) is 0.222. The van der Waals surface area contributed by atoms with Crippen molar-refractivity contribution in [3.63, 3.8) is 0 Å². The fourth-order valence-corrected chi connectivity index (χ4v) is 2.46. The molecule has 1 aromatic rings. The third-order valence-electron chi connectivity index (χ3n) is 2.11. The molecule has 0 radical (unpaired) electrons. The van der Waals surface area contributed by atoms with Crippen molar-refractivity contribution in [3.8, 4) is 0 Å². The number of alkyl halides is 3. The minimum atomic E-state index is -4.84. The number of carbonyl (C=O) groups is 1. The number of nitrogens with zero attached hydrogens (tertiary/aromatic N) is 1. The van der Waals surface area contributed by atoms with Crippen molar-refractivity contribution in [1.82, 2.24) is 0 Å². The van der Waals surface area contributed by atoms with Gasteiger partial charge in [-0.2, -0.15) is 13.2 Å². The molecule has 1 aromatic carbocycles. The number of anilines is 2. The Bertz CT molecular complexity index is 447. The third-order valence-corrected chi connectivity index (χ3v) is 3.14. The second kappa shape index (κ2) is 3.58. The minimum Gasteiger partial charge on any atom is -0.399 e. The normalized spacial score (nSPS) is 15.1. The van der Waals surface area contributed by atoms with E-state index in [0.717, 1.165) is 11.8 Å². The average molecular weight is 248 g/mol. The molecule has 0 atom stereocenters. The molecule has 0 unspecified atom stereocenters. The molecule has 16 heavy (non-hydrogen) atoms. The van der Waals surface area contributed by atoms with Crippen molar-refractivity contribution in [2.75, 3.05) is 16.5 Å². The van der Waals surface area contributed by atoms with E-state index in [-0.39, 0.29) is 11.6 Å². The molecular weight excluding hydrogens is 241 g/mol. The van der Waals surface area contributed by atoms with Crippen LogP contribution < -0.4 is 10.6 Å².